The molecule has 0 aliphatic rings. The lowest BCUT2D eigenvalue weighted by Gasteiger charge is -2.12. The number of hydrogen-bond donors (Lipinski definition) is 2. The molecule has 0 spiro atoms. The molecule has 2 aromatic rings. The Morgan fingerprint density at radius 3 is 2.95 bits per heavy atom. The van der Waals surface area contributed by atoms with Crippen LogP contribution in [0.15, 0.2) is 30.9 Å². The van der Waals surface area contributed by atoms with Crippen molar-refractivity contribution < 1.29 is 9.18 Å². The van der Waals surface area contributed by atoms with Crippen LogP contribution in [0.5, 0.6) is 0 Å². The van der Waals surface area contributed by atoms with Crippen molar-refractivity contribution in [2.45, 2.75) is 19.8 Å². The number of nitrogens with one attached hydrogen (secondary N) is 1. The first-order valence-electron chi connectivity index (χ1n) is 6.77. The Kier molecular flexibility index (Phi) is 4.99. The zero-order chi connectivity index (χ0) is 15.2. The summed E-state index contributed by atoms with van der Waals surface area (Å²) in [5, 5.41) is 6.57. The second kappa shape index (κ2) is 6.94. The molecule has 0 aliphatic heterocycles. The van der Waals surface area contributed by atoms with Gasteiger partial charge in [0.05, 0.1) is 0 Å². The molecule has 0 radical (unpaired) electrons. The number of nitrogens with zero attached hydrogens (tertiary/aromatic N) is 3. The molecule has 1 unspecified atom stereocenters. The Morgan fingerprint density at radius 1 is 1.52 bits per heavy atom. The van der Waals surface area contributed by atoms with Crippen LogP contribution in [0.2, 0.25) is 0 Å². The monoisotopic (exact) mass is 291 g/mol. The van der Waals surface area contributed by atoms with E-state index in [1.54, 1.807) is 12.1 Å². The van der Waals surface area contributed by atoms with Gasteiger partial charge < -0.3 is 11.1 Å². The normalized spacial score (nSPS) is 12.1. The molecule has 21 heavy (non-hydrogen) atoms. The van der Waals surface area contributed by atoms with E-state index in [4.69, 9.17) is 5.73 Å². The van der Waals surface area contributed by atoms with E-state index in [9.17, 15) is 9.18 Å². The molecule has 1 amide bonds. The van der Waals surface area contributed by atoms with Crippen LogP contribution < -0.4 is 11.1 Å². The van der Waals surface area contributed by atoms with Crippen molar-refractivity contribution in [3.05, 3.63) is 36.7 Å². The summed E-state index contributed by atoms with van der Waals surface area (Å²) in [6, 6.07) is 4.45. The van der Waals surface area contributed by atoms with Crippen LogP contribution in [0.1, 0.15) is 19.8 Å². The van der Waals surface area contributed by atoms with Crippen molar-refractivity contribution in [3.63, 3.8) is 0 Å². The summed E-state index contributed by atoms with van der Waals surface area (Å²) in [4.78, 5) is 15.7. The van der Waals surface area contributed by atoms with Crippen LogP contribution in [0, 0.1) is 11.7 Å². The van der Waals surface area contributed by atoms with Crippen LogP contribution in [0.3, 0.4) is 0 Å². The molecule has 7 heteroatoms. The average molecular weight is 291 g/mol. The number of nitrogens with two attached hydrogens (primary N) is 1. The number of amides is 1. The molecular weight excluding hydrogens is 273 g/mol. The van der Waals surface area contributed by atoms with Gasteiger partial charge in [0.2, 0.25) is 5.91 Å². The van der Waals surface area contributed by atoms with Gasteiger partial charge in [-0.05, 0) is 37.6 Å². The molecule has 112 valence electrons. The van der Waals surface area contributed by atoms with E-state index < -0.39 is 5.82 Å². The minimum Gasteiger partial charge on any atom is -0.330 e. The first-order chi connectivity index (χ1) is 10.1. The summed E-state index contributed by atoms with van der Waals surface area (Å²) in [6.07, 6.45) is 4.23. The Hall–Kier alpha value is -2.28. The highest BCUT2D eigenvalue weighted by atomic mass is 19.1. The molecule has 0 fully saturated rings. The summed E-state index contributed by atoms with van der Waals surface area (Å²) in [5.74, 6) is -0.782. The van der Waals surface area contributed by atoms with E-state index in [-0.39, 0.29) is 17.5 Å². The van der Waals surface area contributed by atoms with Crippen LogP contribution in [0.4, 0.5) is 10.1 Å². The van der Waals surface area contributed by atoms with Crippen LogP contribution in [-0.2, 0) is 4.79 Å². The third-order valence-electron chi connectivity index (χ3n) is 3.17. The highest BCUT2D eigenvalue weighted by Gasteiger charge is 2.13. The molecule has 1 aromatic carbocycles. The number of anilines is 1. The standard InChI is InChI=1S/C14H18FN5O/c1-10(3-2-6-16)14(21)19-11-4-5-13(12(15)7-11)20-9-17-8-18-20/h4-5,7-10H,2-3,6,16H2,1H3,(H,19,21). The van der Waals surface area contributed by atoms with E-state index in [2.05, 4.69) is 15.4 Å². The molecule has 2 rings (SSSR count). The fourth-order valence-electron chi connectivity index (χ4n) is 1.92. The number of halogens is 1. The second-order valence-electron chi connectivity index (χ2n) is 4.83. The summed E-state index contributed by atoms with van der Waals surface area (Å²) in [7, 11) is 0. The van der Waals surface area contributed by atoms with E-state index in [1.807, 2.05) is 6.92 Å². The van der Waals surface area contributed by atoms with Gasteiger partial charge in [-0.3, -0.25) is 4.79 Å². The third-order valence-corrected chi connectivity index (χ3v) is 3.17. The van der Waals surface area contributed by atoms with Gasteiger partial charge in [-0.15, -0.1) is 0 Å². The Labute approximate surface area is 122 Å². The summed E-state index contributed by atoms with van der Waals surface area (Å²) < 4.78 is 15.3. The zero-order valence-electron chi connectivity index (χ0n) is 11.8. The Bertz CT molecular complexity index is 599. The summed E-state index contributed by atoms with van der Waals surface area (Å²) >= 11 is 0. The molecule has 0 aliphatic carbocycles. The van der Waals surface area contributed by atoms with Crippen molar-refractivity contribution in [1.82, 2.24) is 14.8 Å². The van der Waals surface area contributed by atoms with E-state index >= 15 is 0 Å². The number of benzene rings is 1. The largest absolute Gasteiger partial charge is 0.330 e. The Morgan fingerprint density at radius 2 is 2.33 bits per heavy atom. The Balaban J connectivity index is 2.05. The summed E-state index contributed by atoms with van der Waals surface area (Å²) in [5.41, 5.74) is 6.11. The third kappa shape index (κ3) is 3.85. The molecule has 1 atom stereocenters. The first kappa shape index (κ1) is 15.1. The number of aromatic nitrogens is 3. The van der Waals surface area contributed by atoms with Gasteiger partial charge in [0.25, 0.3) is 0 Å². The van der Waals surface area contributed by atoms with Gasteiger partial charge >= 0.3 is 0 Å². The van der Waals surface area contributed by atoms with Crippen molar-refractivity contribution in [2.75, 3.05) is 11.9 Å². The van der Waals surface area contributed by atoms with Crippen LogP contribution in [-0.4, -0.2) is 27.2 Å². The predicted octanol–water partition coefficient (Wildman–Crippen LogP) is 1.72. The minimum atomic E-state index is -0.479. The number of carbonyl (C=O) groups excluding carboxylic acids is 1. The zero-order valence-corrected chi connectivity index (χ0v) is 11.8. The van der Waals surface area contributed by atoms with Gasteiger partial charge in [0.15, 0.2) is 5.82 Å². The first-order valence-corrected chi connectivity index (χ1v) is 6.77. The smallest absolute Gasteiger partial charge is 0.227 e. The molecule has 3 N–H and O–H groups in total. The van der Waals surface area contributed by atoms with Crippen molar-refractivity contribution in [2.24, 2.45) is 11.7 Å². The van der Waals surface area contributed by atoms with Crippen LogP contribution >= 0.6 is 0 Å². The molecule has 1 aromatic heterocycles. The predicted molar refractivity (Wildman–Crippen MR) is 77.4 cm³/mol. The average Bonchev–Trinajstić information content (AvgIpc) is 2.98. The highest BCUT2D eigenvalue weighted by Crippen LogP contribution is 2.18. The van der Waals surface area contributed by atoms with Gasteiger partial charge in [-0.2, -0.15) is 5.10 Å². The fraction of sp³-hybridized carbons (Fsp3) is 0.357. The molecule has 6 nitrogen and oxygen atoms in total. The maximum atomic E-state index is 14.0. The second-order valence-corrected chi connectivity index (χ2v) is 4.83. The lowest BCUT2D eigenvalue weighted by Crippen LogP contribution is -2.21. The lowest BCUT2D eigenvalue weighted by molar-refractivity contribution is -0.119. The number of carbonyl (C=O) groups is 1. The topological polar surface area (TPSA) is 85.8 Å². The number of rotatable bonds is 6. The highest BCUT2D eigenvalue weighted by molar-refractivity contribution is 5.92. The summed E-state index contributed by atoms with van der Waals surface area (Å²) in [6.45, 7) is 2.38. The maximum absolute atomic E-state index is 14.0. The van der Waals surface area contributed by atoms with Crippen molar-refractivity contribution >= 4 is 11.6 Å². The van der Waals surface area contributed by atoms with Gasteiger partial charge in [-0.1, -0.05) is 6.92 Å². The van der Waals surface area contributed by atoms with Crippen LogP contribution in [0.25, 0.3) is 5.69 Å². The molecule has 1 heterocycles. The molecule has 0 saturated carbocycles. The minimum absolute atomic E-state index is 0.142. The molecular formula is C14H18FN5O. The lowest BCUT2D eigenvalue weighted by atomic mass is 10.0. The van der Waals surface area contributed by atoms with Gasteiger partial charge in [0.1, 0.15) is 18.3 Å². The van der Waals surface area contributed by atoms with Crippen molar-refractivity contribution in [1.29, 1.82) is 0 Å². The molecule has 0 bridgehead atoms. The van der Waals surface area contributed by atoms with Gasteiger partial charge in [-0.25, -0.2) is 14.1 Å². The fourth-order valence-corrected chi connectivity index (χ4v) is 1.92. The van der Waals surface area contributed by atoms with Crippen molar-refractivity contribution in [3.8, 4) is 5.69 Å². The van der Waals surface area contributed by atoms with E-state index in [1.165, 1.54) is 23.4 Å². The number of hydrogen-bond acceptors (Lipinski definition) is 4. The quantitative estimate of drug-likeness (QED) is 0.848. The molecule has 0 saturated heterocycles. The maximum Gasteiger partial charge on any atom is 0.227 e. The SMILES string of the molecule is CC(CCCN)C(=O)Nc1ccc(-n2cncn2)c(F)c1. The van der Waals surface area contributed by atoms with Gasteiger partial charge in [0, 0.05) is 11.6 Å². The van der Waals surface area contributed by atoms with E-state index in [0.717, 1.165) is 6.42 Å². The van der Waals surface area contributed by atoms with E-state index in [0.29, 0.717) is 18.7 Å².